The Morgan fingerprint density at radius 2 is 0.582 bits per heavy atom. The molecule has 2 nitrogen and oxygen atoms in total. The first-order valence-electron chi connectivity index (χ1n) is 22.1. The molecule has 0 spiro atoms. The molecule has 0 aliphatic carbocycles. The van der Waals surface area contributed by atoms with Gasteiger partial charge in [-0.3, -0.25) is 0 Å². The van der Waals surface area contributed by atoms with E-state index in [1.54, 1.807) is 0 Å². The average Bonchev–Trinajstić information content (AvgIpc) is 3.30. The van der Waals surface area contributed by atoms with Crippen LogP contribution >= 0.6 is 34.8 Å². The molecule has 0 aliphatic heterocycles. The van der Waals surface area contributed by atoms with Crippen LogP contribution in [0.3, 0.4) is 0 Å². The van der Waals surface area contributed by atoms with Crippen LogP contribution in [-0.4, -0.2) is 0 Å². The van der Waals surface area contributed by atoms with E-state index in [-0.39, 0.29) is 7.43 Å². The van der Waals surface area contributed by atoms with E-state index < -0.39 is 0 Å². The van der Waals surface area contributed by atoms with Gasteiger partial charge in [-0.1, -0.05) is 174 Å². The lowest BCUT2D eigenvalue weighted by atomic mass is 10.0. The summed E-state index contributed by atoms with van der Waals surface area (Å²) in [5.41, 5.74) is 20.5. The topological polar surface area (TPSA) is 6.48 Å². The summed E-state index contributed by atoms with van der Waals surface area (Å²) in [5, 5.41) is 2.26. The number of aryl methyl sites for hydroxylation is 7. The standard InChI is InChI=1S/C34H31N.C20H17Cl2N.C7H7Cl.CH4/c1-24-7-5-9-30(22-24)28-12-16-32(17-13-28)35(34-20-11-26(3)21-27(34)4)33-18-14-29(15-19-33)31-10-6-8-25(2)23-31;1-14-3-12-20(15(2)13-14)23(18-8-4-16(21)5-9-18)19-10-6-17(22)7-11-19;1-6-3-2-4-7(8)5-6;/h5-23H,1-4H3;3-13H,1-2H3;2-5H,1H3;1H4. The van der Waals surface area contributed by atoms with Crippen LogP contribution < -0.4 is 9.80 Å². The summed E-state index contributed by atoms with van der Waals surface area (Å²) < 4.78 is 0. The van der Waals surface area contributed by atoms with Gasteiger partial charge in [-0.05, 0) is 184 Å². The van der Waals surface area contributed by atoms with Gasteiger partial charge in [-0.25, -0.2) is 0 Å². The van der Waals surface area contributed by atoms with Crippen molar-refractivity contribution in [1.82, 2.24) is 0 Å². The van der Waals surface area contributed by atoms with Gasteiger partial charge in [0.05, 0.1) is 0 Å². The Kier molecular flexibility index (Phi) is 17.3. The Bertz CT molecular complexity index is 2860. The van der Waals surface area contributed by atoms with Crippen LogP contribution in [0.15, 0.2) is 206 Å². The van der Waals surface area contributed by atoms with E-state index in [2.05, 4.69) is 185 Å². The van der Waals surface area contributed by atoms with E-state index in [0.717, 1.165) is 43.5 Å². The molecule has 0 heterocycles. The minimum Gasteiger partial charge on any atom is -0.310 e. The third-order valence-corrected chi connectivity index (χ3v) is 12.0. The zero-order valence-electron chi connectivity index (χ0n) is 38.7. The Hall–Kier alpha value is -6.55. The molecule has 67 heavy (non-hydrogen) atoms. The lowest BCUT2D eigenvalue weighted by molar-refractivity contribution is 1.24. The summed E-state index contributed by atoms with van der Waals surface area (Å²) in [6, 6.07) is 71.8. The summed E-state index contributed by atoms with van der Waals surface area (Å²) in [4.78, 5) is 4.57. The summed E-state index contributed by atoms with van der Waals surface area (Å²) >= 11 is 17.7. The van der Waals surface area contributed by atoms with E-state index in [4.69, 9.17) is 34.8 Å². The van der Waals surface area contributed by atoms with Gasteiger partial charge in [-0.15, -0.1) is 0 Å². The van der Waals surface area contributed by atoms with Crippen molar-refractivity contribution in [1.29, 1.82) is 0 Å². The molecular formula is C62H59Cl3N2. The SMILES string of the molecule is C.Cc1ccc(N(c2ccc(Cl)cc2)c2ccc(Cl)cc2)c(C)c1.Cc1cccc(-c2ccc(N(c3ccc(-c4cccc(C)c4)cc3)c3ccc(C)cc3C)cc2)c1.Cc1cccc(Cl)c1. The molecule has 0 amide bonds. The van der Waals surface area contributed by atoms with Gasteiger partial charge < -0.3 is 9.80 Å². The summed E-state index contributed by atoms with van der Waals surface area (Å²) in [6.07, 6.45) is 0. The molecule has 0 atom stereocenters. The van der Waals surface area contributed by atoms with Crippen molar-refractivity contribution in [3.63, 3.8) is 0 Å². The molecule has 0 unspecified atom stereocenters. The highest BCUT2D eigenvalue weighted by atomic mass is 35.5. The number of benzene rings is 9. The summed E-state index contributed by atoms with van der Waals surface area (Å²) in [6.45, 7) is 14.9. The molecule has 0 saturated carbocycles. The smallest absolute Gasteiger partial charge is 0.0490 e. The highest BCUT2D eigenvalue weighted by Gasteiger charge is 2.17. The second-order valence-corrected chi connectivity index (χ2v) is 18.1. The monoisotopic (exact) mass is 936 g/mol. The molecule has 0 aliphatic rings. The van der Waals surface area contributed by atoms with Gasteiger partial charge in [0.1, 0.15) is 0 Å². The van der Waals surface area contributed by atoms with Crippen molar-refractivity contribution in [2.75, 3.05) is 9.80 Å². The molecule has 0 saturated heterocycles. The molecule has 0 bridgehead atoms. The summed E-state index contributed by atoms with van der Waals surface area (Å²) in [7, 11) is 0. The highest BCUT2D eigenvalue weighted by molar-refractivity contribution is 6.31. The molecule has 9 aromatic rings. The molecule has 0 fully saturated rings. The maximum atomic E-state index is 6.05. The predicted molar refractivity (Wildman–Crippen MR) is 294 cm³/mol. The molecule has 5 heteroatoms. The van der Waals surface area contributed by atoms with Crippen molar-refractivity contribution in [2.24, 2.45) is 0 Å². The zero-order valence-corrected chi connectivity index (χ0v) is 40.9. The van der Waals surface area contributed by atoms with Crippen molar-refractivity contribution >= 4 is 68.9 Å². The van der Waals surface area contributed by atoms with Crippen LogP contribution in [0.2, 0.25) is 15.1 Å². The maximum Gasteiger partial charge on any atom is 0.0490 e. The van der Waals surface area contributed by atoms with Crippen molar-refractivity contribution in [2.45, 2.75) is 55.9 Å². The van der Waals surface area contributed by atoms with Crippen molar-refractivity contribution in [3.05, 3.63) is 260 Å². The van der Waals surface area contributed by atoms with Crippen LogP contribution in [0.5, 0.6) is 0 Å². The average molecular weight is 939 g/mol. The Labute approximate surface area is 414 Å². The molecular weight excluding hydrogens is 879 g/mol. The van der Waals surface area contributed by atoms with Gasteiger partial charge in [-0.2, -0.15) is 0 Å². The second-order valence-electron chi connectivity index (χ2n) is 16.8. The first-order valence-corrected chi connectivity index (χ1v) is 23.3. The van der Waals surface area contributed by atoms with Gasteiger partial charge in [0.25, 0.3) is 0 Å². The van der Waals surface area contributed by atoms with E-state index in [0.29, 0.717) is 0 Å². The van der Waals surface area contributed by atoms with E-state index >= 15 is 0 Å². The Morgan fingerprint density at radius 3 is 0.881 bits per heavy atom. The van der Waals surface area contributed by atoms with Gasteiger partial charge in [0.15, 0.2) is 0 Å². The first-order chi connectivity index (χ1) is 31.8. The van der Waals surface area contributed by atoms with Crippen LogP contribution in [0.4, 0.5) is 34.1 Å². The van der Waals surface area contributed by atoms with Crippen molar-refractivity contribution in [3.8, 4) is 22.3 Å². The van der Waals surface area contributed by atoms with Gasteiger partial charge in [0.2, 0.25) is 0 Å². The Morgan fingerprint density at radius 1 is 0.269 bits per heavy atom. The minimum absolute atomic E-state index is 0. The fraction of sp³-hybridized carbons (Fsp3) is 0.129. The van der Waals surface area contributed by atoms with Crippen LogP contribution in [0, 0.1) is 48.5 Å². The quantitative estimate of drug-likeness (QED) is 0.150. The molecule has 0 aromatic heterocycles. The normalized spacial score (nSPS) is 10.4. The molecule has 0 N–H and O–H groups in total. The number of anilines is 6. The fourth-order valence-electron chi connectivity index (χ4n) is 8.01. The van der Waals surface area contributed by atoms with Gasteiger partial charge in [0, 0.05) is 49.2 Å². The molecule has 338 valence electrons. The molecule has 9 rings (SSSR count). The number of hydrogen-bond acceptors (Lipinski definition) is 2. The number of rotatable bonds is 8. The maximum absolute atomic E-state index is 6.05. The van der Waals surface area contributed by atoms with E-state index in [1.165, 1.54) is 66.9 Å². The third kappa shape index (κ3) is 13.3. The largest absolute Gasteiger partial charge is 0.310 e. The lowest BCUT2D eigenvalue weighted by Gasteiger charge is -2.27. The van der Waals surface area contributed by atoms with Crippen LogP contribution in [0.25, 0.3) is 22.3 Å². The van der Waals surface area contributed by atoms with Crippen LogP contribution in [0.1, 0.15) is 46.4 Å². The number of nitrogens with zero attached hydrogens (tertiary/aromatic N) is 2. The first kappa shape index (κ1) is 49.9. The van der Waals surface area contributed by atoms with Gasteiger partial charge >= 0.3 is 0 Å². The zero-order chi connectivity index (χ0) is 46.7. The second kappa shape index (κ2) is 23.3. The van der Waals surface area contributed by atoms with Crippen LogP contribution in [-0.2, 0) is 0 Å². The fourth-order valence-corrected chi connectivity index (χ4v) is 8.50. The van der Waals surface area contributed by atoms with E-state index in [9.17, 15) is 0 Å². The predicted octanol–water partition coefficient (Wildman–Crippen LogP) is 20.1. The lowest BCUT2D eigenvalue weighted by Crippen LogP contribution is -2.11. The molecule has 0 radical (unpaired) electrons. The minimum atomic E-state index is 0. The van der Waals surface area contributed by atoms with E-state index in [1.807, 2.05) is 79.7 Å². The third-order valence-electron chi connectivity index (χ3n) is 11.3. The number of hydrogen-bond donors (Lipinski definition) is 0. The highest BCUT2D eigenvalue weighted by Crippen LogP contribution is 2.40. The molecule has 9 aromatic carbocycles. The van der Waals surface area contributed by atoms with Crippen molar-refractivity contribution < 1.29 is 0 Å². The number of halogens is 3. The Balaban J connectivity index is 0.000000198. The summed E-state index contributed by atoms with van der Waals surface area (Å²) in [5.74, 6) is 0.